The molecule has 1 N–H and O–H groups in total. The van der Waals surface area contributed by atoms with Crippen LogP contribution in [0.15, 0.2) is 0 Å². The molecule has 4 fully saturated rings. The van der Waals surface area contributed by atoms with Crippen molar-refractivity contribution in [2.45, 2.75) is 91.1 Å². The van der Waals surface area contributed by atoms with E-state index in [4.69, 9.17) is 0 Å². The highest BCUT2D eigenvalue weighted by atomic mass is 16.3. The number of aliphatic hydroxyl groups excluding tert-OH is 1. The zero-order valence-electron chi connectivity index (χ0n) is 15.9. The highest BCUT2D eigenvalue weighted by Gasteiger charge is 2.61. The normalized spacial score (nSPS) is 54.1. The zero-order valence-corrected chi connectivity index (χ0v) is 15.9. The largest absolute Gasteiger partial charge is 0.393 e. The van der Waals surface area contributed by atoms with E-state index in [1.165, 1.54) is 38.5 Å². The predicted molar refractivity (Wildman–Crippen MR) is 96.5 cm³/mol. The Morgan fingerprint density at radius 2 is 1.79 bits per heavy atom. The lowest BCUT2D eigenvalue weighted by Crippen LogP contribution is -2.56. The van der Waals surface area contributed by atoms with E-state index in [0.29, 0.717) is 29.0 Å². The van der Waals surface area contributed by atoms with Crippen LogP contribution >= 0.6 is 0 Å². The van der Waals surface area contributed by atoms with Gasteiger partial charge in [0.1, 0.15) is 5.78 Å². The first-order chi connectivity index (χ1) is 11.4. The predicted octanol–water partition coefficient (Wildman–Crippen LogP) is 4.99. The molecule has 0 saturated heterocycles. The van der Waals surface area contributed by atoms with Crippen molar-refractivity contribution in [2.75, 3.05) is 0 Å². The standard InChI is InChI=1S/C22H36O2/c1-4-5-15-17-7-6-14-16-8-9-20(24)22(16,3)12-10-18(14)21(17,2)13-11-19(15)23/h14-19,23H,4-13H2,1-3H3/t14-,15+,16-,17-,18-,19+,21-,22-/m0/s1. The number of fused-ring (bicyclic) bond motifs is 5. The molecule has 4 rings (SSSR count). The molecule has 4 aliphatic carbocycles. The molecule has 8 atom stereocenters. The highest BCUT2D eigenvalue weighted by molar-refractivity contribution is 5.87. The molecule has 136 valence electrons. The molecular weight excluding hydrogens is 296 g/mol. The van der Waals surface area contributed by atoms with Crippen LogP contribution in [-0.2, 0) is 4.79 Å². The molecule has 0 unspecified atom stereocenters. The van der Waals surface area contributed by atoms with Crippen LogP contribution in [0.5, 0.6) is 0 Å². The van der Waals surface area contributed by atoms with E-state index >= 15 is 0 Å². The molecule has 0 bridgehead atoms. The van der Waals surface area contributed by atoms with Gasteiger partial charge in [0.15, 0.2) is 0 Å². The average Bonchev–Trinajstić information content (AvgIpc) is 2.86. The van der Waals surface area contributed by atoms with Crippen molar-refractivity contribution in [2.24, 2.45) is 40.4 Å². The van der Waals surface area contributed by atoms with Crippen LogP contribution in [0, 0.1) is 40.4 Å². The van der Waals surface area contributed by atoms with Crippen LogP contribution in [0.4, 0.5) is 0 Å². The molecule has 4 saturated carbocycles. The summed E-state index contributed by atoms with van der Waals surface area (Å²) in [5.41, 5.74) is 0.413. The summed E-state index contributed by atoms with van der Waals surface area (Å²) in [4.78, 5) is 12.5. The van der Waals surface area contributed by atoms with Gasteiger partial charge in [0, 0.05) is 11.8 Å². The first kappa shape index (κ1) is 17.1. The van der Waals surface area contributed by atoms with Gasteiger partial charge in [0.05, 0.1) is 6.10 Å². The van der Waals surface area contributed by atoms with E-state index in [0.717, 1.165) is 37.5 Å². The smallest absolute Gasteiger partial charge is 0.139 e. The molecule has 0 amide bonds. The number of Topliss-reactive ketones (excluding diaryl/α,β-unsaturated/α-hetero) is 1. The van der Waals surface area contributed by atoms with Gasteiger partial charge in [-0.1, -0.05) is 27.2 Å². The van der Waals surface area contributed by atoms with Crippen LogP contribution in [0.2, 0.25) is 0 Å². The molecule has 0 aromatic heterocycles. The Hall–Kier alpha value is -0.370. The van der Waals surface area contributed by atoms with Crippen molar-refractivity contribution in [1.29, 1.82) is 0 Å². The summed E-state index contributed by atoms with van der Waals surface area (Å²) in [6, 6.07) is 0. The van der Waals surface area contributed by atoms with E-state index in [-0.39, 0.29) is 11.5 Å². The topological polar surface area (TPSA) is 37.3 Å². The van der Waals surface area contributed by atoms with Crippen LogP contribution < -0.4 is 0 Å². The Balaban J connectivity index is 1.63. The molecule has 2 heteroatoms. The van der Waals surface area contributed by atoms with Gasteiger partial charge in [0.25, 0.3) is 0 Å². The summed E-state index contributed by atoms with van der Waals surface area (Å²) >= 11 is 0. The summed E-state index contributed by atoms with van der Waals surface area (Å²) in [5.74, 6) is 4.01. The SMILES string of the molecule is CCC[C@H]1[C@H](O)CC[C@]2(C)[C@H]3CC[C@]4(C)C(=O)CC[C@H]4[C@@H]3CC[C@@H]12. The second kappa shape index (κ2) is 5.83. The Labute approximate surface area is 147 Å². The summed E-state index contributed by atoms with van der Waals surface area (Å²) in [7, 11) is 0. The lowest BCUT2D eigenvalue weighted by Gasteiger charge is -2.62. The Bertz CT molecular complexity index is 514. The van der Waals surface area contributed by atoms with Crippen molar-refractivity contribution < 1.29 is 9.90 Å². The van der Waals surface area contributed by atoms with Crippen molar-refractivity contribution in [3.63, 3.8) is 0 Å². The maximum absolute atomic E-state index is 12.5. The fourth-order valence-electron chi connectivity index (χ4n) is 8.00. The fourth-order valence-corrected chi connectivity index (χ4v) is 8.00. The maximum atomic E-state index is 12.5. The Morgan fingerprint density at radius 3 is 2.54 bits per heavy atom. The van der Waals surface area contributed by atoms with Crippen LogP contribution in [0.3, 0.4) is 0 Å². The molecule has 0 heterocycles. The fraction of sp³-hybridized carbons (Fsp3) is 0.955. The van der Waals surface area contributed by atoms with Crippen LogP contribution in [0.1, 0.15) is 85.0 Å². The lowest BCUT2D eigenvalue weighted by molar-refractivity contribution is -0.155. The van der Waals surface area contributed by atoms with Crippen molar-refractivity contribution in [3.05, 3.63) is 0 Å². The molecule has 0 radical (unpaired) electrons. The second-order valence-electron chi connectivity index (χ2n) is 10.0. The van der Waals surface area contributed by atoms with Crippen molar-refractivity contribution >= 4 is 5.78 Å². The number of carbonyl (C=O) groups is 1. The minimum Gasteiger partial charge on any atom is -0.393 e. The average molecular weight is 333 g/mol. The molecule has 0 aromatic carbocycles. The van der Waals surface area contributed by atoms with Gasteiger partial charge in [-0.05, 0) is 86.4 Å². The van der Waals surface area contributed by atoms with Gasteiger partial charge in [-0.25, -0.2) is 0 Å². The Kier molecular flexibility index (Phi) is 4.14. The first-order valence-corrected chi connectivity index (χ1v) is 10.6. The number of aliphatic hydroxyl groups is 1. The third kappa shape index (κ3) is 2.20. The molecule has 4 aliphatic rings. The quantitative estimate of drug-likeness (QED) is 0.774. The van der Waals surface area contributed by atoms with E-state index < -0.39 is 0 Å². The van der Waals surface area contributed by atoms with Gasteiger partial charge in [-0.15, -0.1) is 0 Å². The lowest BCUT2D eigenvalue weighted by atomic mass is 9.43. The van der Waals surface area contributed by atoms with Crippen molar-refractivity contribution in [1.82, 2.24) is 0 Å². The summed E-state index contributed by atoms with van der Waals surface area (Å²) in [5, 5.41) is 10.6. The number of carbonyl (C=O) groups excluding carboxylic acids is 1. The molecule has 24 heavy (non-hydrogen) atoms. The van der Waals surface area contributed by atoms with Gasteiger partial charge in [-0.2, -0.15) is 0 Å². The van der Waals surface area contributed by atoms with Gasteiger partial charge >= 0.3 is 0 Å². The van der Waals surface area contributed by atoms with E-state index in [1.54, 1.807) is 0 Å². The maximum Gasteiger partial charge on any atom is 0.139 e. The number of hydrogen-bond donors (Lipinski definition) is 1. The monoisotopic (exact) mass is 332 g/mol. The molecule has 2 nitrogen and oxygen atoms in total. The van der Waals surface area contributed by atoms with E-state index in [9.17, 15) is 9.90 Å². The summed E-state index contributed by atoms with van der Waals surface area (Å²) in [6.07, 6.45) is 11.5. The van der Waals surface area contributed by atoms with Gasteiger partial charge in [-0.3, -0.25) is 4.79 Å². The van der Waals surface area contributed by atoms with Gasteiger partial charge in [0.2, 0.25) is 0 Å². The van der Waals surface area contributed by atoms with E-state index in [2.05, 4.69) is 20.8 Å². The third-order valence-corrected chi connectivity index (χ3v) is 9.26. The first-order valence-electron chi connectivity index (χ1n) is 10.6. The minimum absolute atomic E-state index is 0.00135. The number of hydrogen-bond acceptors (Lipinski definition) is 2. The molecular formula is C22H36O2. The van der Waals surface area contributed by atoms with Crippen molar-refractivity contribution in [3.8, 4) is 0 Å². The number of rotatable bonds is 2. The second-order valence-corrected chi connectivity index (χ2v) is 10.0. The summed E-state index contributed by atoms with van der Waals surface area (Å²) < 4.78 is 0. The summed E-state index contributed by atoms with van der Waals surface area (Å²) in [6.45, 7) is 7.10. The van der Waals surface area contributed by atoms with Crippen LogP contribution in [-0.4, -0.2) is 17.0 Å². The Morgan fingerprint density at radius 1 is 1.00 bits per heavy atom. The molecule has 0 aromatic rings. The van der Waals surface area contributed by atoms with Gasteiger partial charge < -0.3 is 5.11 Å². The molecule has 0 aliphatic heterocycles. The number of ketones is 1. The minimum atomic E-state index is -0.0681. The molecule has 0 spiro atoms. The third-order valence-electron chi connectivity index (χ3n) is 9.26. The van der Waals surface area contributed by atoms with Crippen LogP contribution in [0.25, 0.3) is 0 Å². The zero-order chi connectivity index (χ0) is 17.1. The van der Waals surface area contributed by atoms with E-state index in [1.807, 2.05) is 0 Å². The highest BCUT2D eigenvalue weighted by Crippen LogP contribution is 2.66.